The minimum atomic E-state index is 0.172. The van der Waals surface area contributed by atoms with Crippen LogP contribution in [0, 0.1) is 17.4 Å². The summed E-state index contributed by atoms with van der Waals surface area (Å²) in [5.41, 5.74) is 1.70. The molecule has 1 aliphatic rings. The molecule has 120 valence electrons. The first-order valence-corrected chi connectivity index (χ1v) is 8.09. The Balaban J connectivity index is 1.97. The van der Waals surface area contributed by atoms with Crippen LogP contribution in [0.3, 0.4) is 0 Å². The number of benzene rings is 1. The smallest absolute Gasteiger partial charge is 0.220 e. The highest BCUT2D eigenvalue weighted by Gasteiger charge is 2.46. The third kappa shape index (κ3) is 3.62. The Hall–Kier alpha value is -1.53. The Morgan fingerprint density at radius 3 is 2.23 bits per heavy atom. The van der Waals surface area contributed by atoms with Crippen molar-refractivity contribution < 1.29 is 4.74 Å². The highest BCUT2D eigenvalue weighted by molar-refractivity contribution is 5.27. The molecule has 0 spiro atoms. The normalized spacial score (nSPS) is 18.7. The average Bonchev–Trinajstić information content (AvgIpc) is 2.49. The first-order chi connectivity index (χ1) is 10.4. The number of hydrogen-bond donors (Lipinski definition) is 0. The van der Waals surface area contributed by atoms with E-state index in [0.29, 0.717) is 6.54 Å². The SMILES string of the molecule is [C-]#[N+]CC1(C(C)(C)C)CCN(Cc2ccc(OC)cc2)CC1. The number of ether oxygens (including phenoxy) is 1. The highest BCUT2D eigenvalue weighted by Crippen LogP contribution is 2.47. The first kappa shape index (κ1) is 16.8. The van der Waals surface area contributed by atoms with Gasteiger partial charge < -0.3 is 9.58 Å². The predicted octanol–water partition coefficient (Wildman–Crippen LogP) is 4.24. The third-order valence-electron chi connectivity index (χ3n) is 5.35. The van der Waals surface area contributed by atoms with Crippen molar-refractivity contribution in [1.29, 1.82) is 0 Å². The highest BCUT2D eigenvalue weighted by atomic mass is 16.5. The molecule has 3 heteroatoms. The standard InChI is InChI=1S/C19H28N2O/c1-18(2,3)19(15-20-4)10-12-21(13-11-19)14-16-6-8-17(22-5)9-7-16/h6-9H,10-15H2,1-3,5H3. The van der Waals surface area contributed by atoms with E-state index < -0.39 is 0 Å². The molecule has 3 nitrogen and oxygen atoms in total. The van der Waals surface area contributed by atoms with Gasteiger partial charge in [-0.2, -0.15) is 0 Å². The molecule has 0 amide bonds. The van der Waals surface area contributed by atoms with Crippen LogP contribution in [0.2, 0.25) is 0 Å². The van der Waals surface area contributed by atoms with E-state index in [-0.39, 0.29) is 10.8 Å². The molecule has 0 saturated carbocycles. The summed E-state index contributed by atoms with van der Waals surface area (Å²) < 4.78 is 5.21. The molecule has 1 saturated heterocycles. The summed E-state index contributed by atoms with van der Waals surface area (Å²) in [6.07, 6.45) is 2.24. The molecule has 1 heterocycles. The van der Waals surface area contributed by atoms with E-state index in [1.54, 1.807) is 7.11 Å². The largest absolute Gasteiger partial charge is 0.497 e. The molecular weight excluding hydrogens is 272 g/mol. The minimum absolute atomic E-state index is 0.172. The van der Waals surface area contributed by atoms with Gasteiger partial charge >= 0.3 is 0 Å². The number of rotatable bonds is 4. The van der Waals surface area contributed by atoms with E-state index in [4.69, 9.17) is 11.3 Å². The molecule has 1 aromatic rings. The molecule has 0 atom stereocenters. The lowest BCUT2D eigenvalue weighted by Crippen LogP contribution is -2.47. The van der Waals surface area contributed by atoms with Crippen molar-refractivity contribution in [2.45, 2.75) is 40.2 Å². The Morgan fingerprint density at radius 1 is 1.18 bits per heavy atom. The van der Waals surface area contributed by atoms with Crippen LogP contribution in [0.25, 0.3) is 4.85 Å². The topological polar surface area (TPSA) is 16.8 Å². The van der Waals surface area contributed by atoms with Gasteiger partial charge in [-0.1, -0.05) is 32.9 Å². The lowest BCUT2D eigenvalue weighted by atomic mass is 9.61. The van der Waals surface area contributed by atoms with Crippen LogP contribution in [-0.4, -0.2) is 31.6 Å². The zero-order valence-electron chi connectivity index (χ0n) is 14.4. The second-order valence-corrected chi connectivity index (χ2v) is 7.47. The molecule has 0 aromatic heterocycles. The molecule has 0 radical (unpaired) electrons. The maximum Gasteiger partial charge on any atom is 0.220 e. The summed E-state index contributed by atoms with van der Waals surface area (Å²) in [6, 6.07) is 8.34. The Bertz CT molecular complexity index is 514. The molecule has 1 aromatic carbocycles. The van der Waals surface area contributed by atoms with E-state index in [1.165, 1.54) is 5.56 Å². The number of methoxy groups -OCH3 is 1. The maximum absolute atomic E-state index is 7.31. The van der Waals surface area contributed by atoms with Crippen molar-refractivity contribution >= 4 is 0 Å². The Labute approximate surface area is 135 Å². The van der Waals surface area contributed by atoms with Gasteiger partial charge in [-0.25, -0.2) is 6.57 Å². The van der Waals surface area contributed by atoms with Crippen LogP contribution in [0.15, 0.2) is 24.3 Å². The third-order valence-corrected chi connectivity index (χ3v) is 5.35. The maximum atomic E-state index is 7.31. The van der Waals surface area contributed by atoms with Crippen LogP contribution in [0.4, 0.5) is 0 Å². The zero-order valence-corrected chi connectivity index (χ0v) is 14.4. The zero-order chi connectivity index (χ0) is 16.2. The molecule has 1 fully saturated rings. The van der Waals surface area contributed by atoms with Crippen LogP contribution in [0.1, 0.15) is 39.2 Å². The van der Waals surface area contributed by atoms with Gasteiger partial charge in [0.1, 0.15) is 5.75 Å². The van der Waals surface area contributed by atoms with Crippen LogP contribution >= 0.6 is 0 Å². The minimum Gasteiger partial charge on any atom is -0.497 e. The fourth-order valence-electron chi connectivity index (χ4n) is 3.42. The van der Waals surface area contributed by atoms with Gasteiger partial charge in [0.2, 0.25) is 6.54 Å². The molecule has 0 aliphatic carbocycles. The van der Waals surface area contributed by atoms with E-state index in [0.717, 1.165) is 38.2 Å². The Morgan fingerprint density at radius 2 is 1.77 bits per heavy atom. The van der Waals surface area contributed by atoms with Crippen LogP contribution in [-0.2, 0) is 6.54 Å². The fraction of sp³-hybridized carbons (Fsp3) is 0.632. The van der Waals surface area contributed by atoms with Crippen molar-refractivity contribution in [2.24, 2.45) is 10.8 Å². The van der Waals surface area contributed by atoms with Crippen LogP contribution < -0.4 is 4.74 Å². The molecule has 2 rings (SSSR count). The van der Waals surface area contributed by atoms with Gasteiger partial charge in [0.15, 0.2) is 0 Å². The van der Waals surface area contributed by atoms with E-state index in [1.807, 2.05) is 12.1 Å². The van der Waals surface area contributed by atoms with Gasteiger partial charge in [-0.05, 0) is 49.0 Å². The molecule has 1 aliphatic heterocycles. The number of nitrogens with zero attached hydrogens (tertiary/aromatic N) is 2. The van der Waals surface area contributed by atoms with E-state index in [2.05, 4.69) is 42.6 Å². The van der Waals surface area contributed by atoms with Crippen LogP contribution in [0.5, 0.6) is 5.75 Å². The lowest BCUT2D eigenvalue weighted by Gasteiger charge is -2.46. The molecule has 0 bridgehead atoms. The van der Waals surface area contributed by atoms with Crippen molar-refractivity contribution in [3.8, 4) is 5.75 Å². The quantitative estimate of drug-likeness (QED) is 0.773. The second-order valence-electron chi connectivity index (χ2n) is 7.47. The van der Waals surface area contributed by atoms with Gasteiger partial charge in [0.25, 0.3) is 0 Å². The van der Waals surface area contributed by atoms with Crippen molar-refractivity contribution in [3.63, 3.8) is 0 Å². The molecular formula is C19H28N2O. The van der Waals surface area contributed by atoms with Gasteiger partial charge in [0.05, 0.1) is 7.11 Å². The second kappa shape index (κ2) is 6.71. The number of piperidine rings is 1. The number of hydrogen-bond acceptors (Lipinski definition) is 2. The van der Waals surface area contributed by atoms with Gasteiger partial charge in [-0.15, -0.1) is 0 Å². The molecule has 0 N–H and O–H groups in total. The predicted molar refractivity (Wildman–Crippen MR) is 90.9 cm³/mol. The summed E-state index contributed by atoms with van der Waals surface area (Å²) >= 11 is 0. The summed E-state index contributed by atoms with van der Waals surface area (Å²) in [4.78, 5) is 6.25. The molecule has 22 heavy (non-hydrogen) atoms. The van der Waals surface area contributed by atoms with E-state index in [9.17, 15) is 0 Å². The summed E-state index contributed by atoms with van der Waals surface area (Å²) in [7, 11) is 1.70. The fourth-order valence-corrected chi connectivity index (χ4v) is 3.42. The van der Waals surface area contributed by atoms with Crippen molar-refractivity contribution in [2.75, 3.05) is 26.7 Å². The van der Waals surface area contributed by atoms with Gasteiger partial charge in [-0.3, -0.25) is 4.90 Å². The summed E-state index contributed by atoms with van der Waals surface area (Å²) in [6.45, 7) is 18.0. The average molecular weight is 300 g/mol. The molecule has 0 unspecified atom stereocenters. The monoisotopic (exact) mass is 300 g/mol. The lowest BCUT2D eigenvalue weighted by molar-refractivity contribution is 0.0173. The first-order valence-electron chi connectivity index (χ1n) is 8.09. The van der Waals surface area contributed by atoms with Gasteiger partial charge in [0, 0.05) is 12.0 Å². The Kier molecular flexibility index (Phi) is 5.13. The van der Waals surface area contributed by atoms with E-state index >= 15 is 0 Å². The number of likely N-dealkylation sites (tertiary alicyclic amines) is 1. The van der Waals surface area contributed by atoms with Crippen molar-refractivity contribution in [3.05, 3.63) is 41.2 Å². The summed E-state index contributed by atoms with van der Waals surface area (Å²) in [5.74, 6) is 0.909. The van der Waals surface area contributed by atoms with Crippen molar-refractivity contribution in [1.82, 2.24) is 4.90 Å². The summed E-state index contributed by atoms with van der Waals surface area (Å²) in [5, 5.41) is 0.